The maximum Gasteiger partial charge on any atom is 0.248 e. The van der Waals surface area contributed by atoms with Gasteiger partial charge in [-0.1, -0.05) is 25.1 Å². The van der Waals surface area contributed by atoms with Crippen molar-refractivity contribution < 1.29 is 23.5 Å². The van der Waals surface area contributed by atoms with E-state index in [1.807, 2.05) is 19.1 Å². The number of amides is 2. The third kappa shape index (κ3) is 5.87. The number of fused-ring (bicyclic) bond motifs is 2. The Morgan fingerprint density at radius 3 is 2.64 bits per heavy atom. The van der Waals surface area contributed by atoms with Gasteiger partial charge in [-0.05, 0) is 41.4 Å². The zero-order valence-corrected chi connectivity index (χ0v) is 26.4. The second-order valence-electron chi connectivity index (χ2n) is 11.4. The summed E-state index contributed by atoms with van der Waals surface area (Å²) in [5, 5.41) is 7.91. The molecular weight excluding hydrogens is 647 g/mol. The van der Waals surface area contributed by atoms with E-state index in [1.54, 1.807) is 48.6 Å². The number of rotatable bonds is 10. The van der Waals surface area contributed by atoms with Gasteiger partial charge in [0.25, 0.3) is 0 Å². The summed E-state index contributed by atoms with van der Waals surface area (Å²) in [5.74, 6) is -0.109. The van der Waals surface area contributed by atoms with Crippen molar-refractivity contribution in [2.75, 3.05) is 18.6 Å². The van der Waals surface area contributed by atoms with Crippen LogP contribution in [0.1, 0.15) is 42.1 Å². The van der Waals surface area contributed by atoms with Crippen molar-refractivity contribution >= 4 is 50.2 Å². The smallest absolute Gasteiger partial charge is 0.248 e. The average Bonchev–Trinajstić information content (AvgIpc) is 3.46. The molecule has 0 spiro atoms. The minimum atomic E-state index is -0.803. The van der Waals surface area contributed by atoms with Crippen LogP contribution in [0.15, 0.2) is 53.5 Å². The van der Waals surface area contributed by atoms with Crippen LogP contribution in [0.3, 0.4) is 0 Å². The molecule has 1 fully saturated rings. The monoisotopic (exact) mass is 676 g/mol. The third-order valence-electron chi connectivity index (χ3n) is 8.19. The Bertz CT molecular complexity index is 1850. The number of anilines is 1. The second kappa shape index (κ2) is 12.2. The van der Waals surface area contributed by atoms with Crippen LogP contribution in [0.4, 0.5) is 10.2 Å². The second-order valence-corrected chi connectivity index (χ2v) is 12.2. The number of aryl methyl sites for hydroxylation is 1. The van der Waals surface area contributed by atoms with Gasteiger partial charge in [0, 0.05) is 41.2 Å². The number of halogens is 2. The van der Waals surface area contributed by atoms with E-state index >= 15 is 0 Å². The van der Waals surface area contributed by atoms with E-state index in [4.69, 9.17) is 4.74 Å². The lowest BCUT2D eigenvalue weighted by atomic mass is 9.73. The van der Waals surface area contributed by atoms with Crippen molar-refractivity contribution in [1.29, 1.82) is 0 Å². The maximum absolute atomic E-state index is 14.0. The minimum Gasteiger partial charge on any atom is -0.374 e. The highest BCUT2D eigenvalue weighted by Gasteiger charge is 2.55. The minimum absolute atomic E-state index is 0.0621. The number of likely N-dealkylation sites (tertiary alicyclic amines) is 1. The number of hydrogen-bond acceptors (Lipinski definition) is 9. The standard InChI is InChI=1S/C31H30BrFN8O4/c1-17(42)28-21-10-22(20-12-34-18(2)35-13-20)36-14-24(21)40(39-28)15-27(43)41-23(11-31(3)7-6-25(31)41)30(44)38-29-19(16-45-9-8-33)4-5-26(32)37-29/h4-7,10,12-14,23,25H,8-9,11,15-16H2,1-3H3,(H,37,38,44)/t23-,25+,31+/m0/s1. The molecule has 14 heteroatoms. The van der Waals surface area contributed by atoms with E-state index in [-0.39, 0.29) is 54.4 Å². The maximum atomic E-state index is 14.0. The molecule has 5 heterocycles. The van der Waals surface area contributed by atoms with Crippen molar-refractivity contribution in [1.82, 2.24) is 34.6 Å². The van der Waals surface area contributed by atoms with Crippen LogP contribution in [0.5, 0.6) is 0 Å². The van der Waals surface area contributed by atoms with Crippen molar-refractivity contribution in [3.63, 3.8) is 0 Å². The Morgan fingerprint density at radius 1 is 1.18 bits per heavy atom. The van der Waals surface area contributed by atoms with Crippen LogP contribution < -0.4 is 5.32 Å². The van der Waals surface area contributed by atoms with Gasteiger partial charge in [-0.2, -0.15) is 5.10 Å². The fraction of sp³-hybridized carbons (Fsp3) is 0.355. The summed E-state index contributed by atoms with van der Waals surface area (Å²) in [4.78, 5) is 59.3. The predicted molar refractivity (Wildman–Crippen MR) is 166 cm³/mol. The SMILES string of the molecule is CC(=O)c1nn(CC(=O)N2[C@H](C(=O)Nc3nc(Br)ccc3COCCF)C[C@@]3(C)C=C[C@@H]23)c2cnc(-c3cnc(C)nc3)cc12. The number of alkyl halides is 1. The molecule has 1 saturated heterocycles. The van der Waals surface area contributed by atoms with Crippen molar-refractivity contribution in [2.45, 2.75) is 52.4 Å². The fourth-order valence-corrected chi connectivity index (χ4v) is 6.15. The summed E-state index contributed by atoms with van der Waals surface area (Å²) in [6.45, 7) is 4.36. The molecule has 0 saturated carbocycles. The van der Waals surface area contributed by atoms with Gasteiger partial charge >= 0.3 is 0 Å². The summed E-state index contributed by atoms with van der Waals surface area (Å²) in [5.41, 5.74) is 2.17. The van der Waals surface area contributed by atoms with Gasteiger partial charge in [0.15, 0.2) is 5.78 Å². The van der Waals surface area contributed by atoms with Crippen LogP contribution in [0.2, 0.25) is 0 Å². The first-order chi connectivity index (χ1) is 21.6. The molecule has 4 aromatic heterocycles. The quantitative estimate of drug-likeness (QED) is 0.113. The number of ketones is 1. The molecule has 0 radical (unpaired) electrons. The molecule has 45 heavy (non-hydrogen) atoms. The lowest BCUT2D eigenvalue weighted by Crippen LogP contribution is -2.50. The van der Waals surface area contributed by atoms with Gasteiger partial charge in [-0.25, -0.2) is 19.3 Å². The van der Waals surface area contributed by atoms with Crippen LogP contribution in [0, 0.1) is 12.3 Å². The van der Waals surface area contributed by atoms with E-state index in [0.29, 0.717) is 44.6 Å². The van der Waals surface area contributed by atoms with Crippen LogP contribution in [0.25, 0.3) is 22.2 Å². The summed E-state index contributed by atoms with van der Waals surface area (Å²) < 4.78 is 19.9. The molecule has 0 bridgehead atoms. The normalized spacial score (nSPS) is 20.2. The molecule has 1 aliphatic heterocycles. The molecule has 0 aromatic carbocycles. The third-order valence-corrected chi connectivity index (χ3v) is 8.63. The Morgan fingerprint density at radius 2 is 1.96 bits per heavy atom. The molecule has 2 aliphatic rings. The fourth-order valence-electron chi connectivity index (χ4n) is 5.84. The lowest BCUT2D eigenvalue weighted by Gasteiger charge is -2.38. The first kappa shape index (κ1) is 30.6. The van der Waals surface area contributed by atoms with Gasteiger partial charge < -0.3 is 15.0 Å². The Balaban J connectivity index is 1.28. The Hall–Kier alpha value is -4.43. The summed E-state index contributed by atoms with van der Waals surface area (Å²) in [7, 11) is 0. The number of nitrogens with one attached hydrogen (secondary N) is 1. The van der Waals surface area contributed by atoms with Gasteiger partial charge in [-0.3, -0.25) is 24.0 Å². The zero-order chi connectivity index (χ0) is 31.9. The topological polar surface area (TPSA) is 145 Å². The zero-order valence-electron chi connectivity index (χ0n) is 24.8. The number of aromatic nitrogens is 6. The highest BCUT2D eigenvalue weighted by atomic mass is 79.9. The molecule has 1 aliphatic carbocycles. The first-order valence-electron chi connectivity index (χ1n) is 14.3. The van der Waals surface area contributed by atoms with Crippen LogP contribution in [-0.2, 0) is 27.5 Å². The highest BCUT2D eigenvalue weighted by molar-refractivity contribution is 9.10. The van der Waals surface area contributed by atoms with Gasteiger partial charge in [-0.15, -0.1) is 0 Å². The summed E-state index contributed by atoms with van der Waals surface area (Å²) in [6.07, 6.45) is 9.22. The predicted octanol–water partition coefficient (Wildman–Crippen LogP) is 4.23. The van der Waals surface area contributed by atoms with Crippen LogP contribution >= 0.6 is 15.9 Å². The summed E-state index contributed by atoms with van der Waals surface area (Å²) in [6, 6.07) is 4.09. The van der Waals surface area contributed by atoms with E-state index in [2.05, 4.69) is 46.3 Å². The van der Waals surface area contributed by atoms with Gasteiger partial charge in [0.1, 0.15) is 41.2 Å². The van der Waals surface area contributed by atoms with Crippen molar-refractivity contribution in [2.24, 2.45) is 5.41 Å². The Kier molecular flexibility index (Phi) is 8.27. The molecule has 3 atom stereocenters. The molecule has 4 aromatic rings. The molecule has 232 valence electrons. The van der Waals surface area contributed by atoms with E-state index in [1.165, 1.54) is 11.6 Å². The highest BCUT2D eigenvalue weighted by Crippen LogP contribution is 2.49. The van der Waals surface area contributed by atoms with Gasteiger partial charge in [0.2, 0.25) is 11.8 Å². The van der Waals surface area contributed by atoms with Crippen LogP contribution in [-0.4, -0.2) is 77.6 Å². The van der Waals surface area contributed by atoms with Gasteiger partial charge in [0.05, 0.1) is 36.7 Å². The van der Waals surface area contributed by atoms with E-state index in [0.717, 1.165) is 0 Å². The Labute approximate surface area is 266 Å². The molecular formula is C31H30BrFN8O4. The van der Waals surface area contributed by atoms with Crippen molar-refractivity contribution in [3.8, 4) is 11.3 Å². The number of carbonyl (C=O) groups is 3. The van der Waals surface area contributed by atoms with Crippen molar-refractivity contribution in [3.05, 3.63) is 70.6 Å². The summed E-state index contributed by atoms with van der Waals surface area (Å²) >= 11 is 3.33. The number of Topliss-reactive ketones (excluding diaryl/α,β-unsaturated/α-hetero) is 1. The molecule has 1 N–H and O–H groups in total. The molecule has 12 nitrogen and oxygen atoms in total. The largest absolute Gasteiger partial charge is 0.374 e. The first-order valence-corrected chi connectivity index (χ1v) is 15.1. The molecule has 6 rings (SSSR count). The molecule has 2 amide bonds. The number of nitrogens with zero attached hydrogens (tertiary/aromatic N) is 7. The number of ether oxygens (including phenoxy) is 1. The number of hydrogen-bond donors (Lipinski definition) is 1. The number of pyridine rings is 2. The number of carbonyl (C=O) groups excluding carboxylic acids is 3. The average molecular weight is 678 g/mol. The lowest BCUT2D eigenvalue weighted by molar-refractivity contribution is -0.139. The van der Waals surface area contributed by atoms with E-state index < -0.39 is 18.6 Å². The molecule has 0 unspecified atom stereocenters. The van der Waals surface area contributed by atoms with E-state index in [9.17, 15) is 18.8 Å².